The van der Waals surface area contributed by atoms with E-state index in [4.69, 9.17) is 9.47 Å². The fourth-order valence-electron chi connectivity index (χ4n) is 2.14. The highest BCUT2D eigenvalue weighted by molar-refractivity contribution is 5.74. The Bertz CT molecular complexity index is 455. The Morgan fingerprint density at radius 3 is 3.20 bits per heavy atom. The van der Waals surface area contributed by atoms with Crippen molar-refractivity contribution in [3.8, 4) is 11.9 Å². The van der Waals surface area contributed by atoms with Crippen LogP contribution in [0.2, 0.25) is 0 Å². The molecule has 20 heavy (non-hydrogen) atoms. The third-order valence-electron chi connectivity index (χ3n) is 3.07. The van der Waals surface area contributed by atoms with Gasteiger partial charge in [-0.1, -0.05) is 0 Å². The standard InChI is InChI=1S/C13H20N4O3/c1-3-14-13(18)17-8-4-5-10(9-17)20-11-6-7-15-12(16-11)19-2/h6-7,10H,3-5,8-9H2,1-2H3,(H,14,18). The van der Waals surface area contributed by atoms with E-state index in [0.717, 1.165) is 19.4 Å². The van der Waals surface area contributed by atoms with Gasteiger partial charge in [0, 0.05) is 25.4 Å². The van der Waals surface area contributed by atoms with E-state index in [-0.39, 0.29) is 18.1 Å². The molecule has 1 aromatic heterocycles. The SMILES string of the molecule is CCNC(=O)N1CCCC(Oc2ccnc(OC)n2)C1. The molecule has 1 aromatic rings. The van der Waals surface area contributed by atoms with Gasteiger partial charge in [-0.2, -0.15) is 4.98 Å². The zero-order chi connectivity index (χ0) is 14.4. The predicted molar refractivity (Wildman–Crippen MR) is 72.9 cm³/mol. The average Bonchev–Trinajstić information content (AvgIpc) is 2.48. The van der Waals surface area contributed by atoms with Gasteiger partial charge in [0.05, 0.1) is 13.7 Å². The molecule has 0 spiro atoms. The summed E-state index contributed by atoms with van der Waals surface area (Å²) in [5, 5.41) is 2.80. The lowest BCUT2D eigenvalue weighted by Crippen LogP contribution is -2.48. The molecule has 1 fully saturated rings. The lowest BCUT2D eigenvalue weighted by atomic mass is 10.1. The summed E-state index contributed by atoms with van der Waals surface area (Å²) in [7, 11) is 1.51. The minimum Gasteiger partial charge on any atom is -0.472 e. The molecular formula is C13H20N4O3. The van der Waals surface area contributed by atoms with Gasteiger partial charge in [-0.25, -0.2) is 9.78 Å². The van der Waals surface area contributed by atoms with Crippen molar-refractivity contribution >= 4 is 6.03 Å². The maximum atomic E-state index is 11.8. The molecule has 1 aliphatic heterocycles. The Hall–Kier alpha value is -2.05. The Labute approximate surface area is 118 Å². The molecule has 0 aliphatic carbocycles. The van der Waals surface area contributed by atoms with E-state index >= 15 is 0 Å². The highest BCUT2D eigenvalue weighted by atomic mass is 16.5. The van der Waals surface area contributed by atoms with Crippen molar-refractivity contribution in [1.82, 2.24) is 20.2 Å². The molecule has 1 unspecified atom stereocenters. The third kappa shape index (κ3) is 3.72. The molecular weight excluding hydrogens is 260 g/mol. The Morgan fingerprint density at radius 1 is 1.60 bits per heavy atom. The highest BCUT2D eigenvalue weighted by Gasteiger charge is 2.24. The number of hydrogen-bond acceptors (Lipinski definition) is 5. The number of nitrogens with zero attached hydrogens (tertiary/aromatic N) is 3. The molecule has 110 valence electrons. The topological polar surface area (TPSA) is 76.6 Å². The van der Waals surface area contributed by atoms with Gasteiger partial charge in [0.1, 0.15) is 6.10 Å². The van der Waals surface area contributed by atoms with Gasteiger partial charge >= 0.3 is 12.0 Å². The molecule has 2 amide bonds. The third-order valence-corrected chi connectivity index (χ3v) is 3.07. The summed E-state index contributed by atoms with van der Waals surface area (Å²) in [6, 6.07) is 1.92. The van der Waals surface area contributed by atoms with Crippen LogP contribution in [0.25, 0.3) is 0 Å². The van der Waals surface area contributed by atoms with Crippen LogP contribution in [0.15, 0.2) is 12.3 Å². The zero-order valence-electron chi connectivity index (χ0n) is 11.8. The summed E-state index contributed by atoms with van der Waals surface area (Å²) in [5.74, 6) is 0.472. The van der Waals surface area contributed by atoms with Crippen LogP contribution in [0.4, 0.5) is 4.79 Å². The minimum absolute atomic E-state index is 0.0407. The number of rotatable bonds is 4. The van der Waals surface area contributed by atoms with E-state index in [0.29, 0.717) is 19.0 Å². The predicted octanol–water partition coefficient (Wildman–Crippen LogP) is 1.06. The van der Waals surface area contributed by atoms with Gasteiger partial charge in [0.25, 0.3) is 0 Å². The van der Waals surface area contributed by atoms with Crippen LogP contribution in [0.1, 0.15) is 19.8 Å². The van der Waals surface area contributed by atoms with Crippen LogP contribution in [-0.4, -0.2) is 53.7 Å². The number of methoxy groups -OCH3 is 1. The van der Waals surface area contributed by atoms with Gasteiger partial charge in [0.15, 0.2) is 0 Å². The maximum Gasteiger partial charge on any atom is 0.319 e. The normalized spacial score (nSPS) is 18.5. The molecule has 1 aliphatic rings. The number of ether oxygens (including phenoxy) is 2. The summed E-state index contributed by atoms with van der Waals surface area (Å²) in [6.45, 7) is 3.86. The van der Waals surface area contributed by atoms with E-state index in [1.54, 1.807) is 17.2 Å². The van der Waals surface area contributed by atoms with Crippen molar-refractivity contribution in [2.24, 2.45) is 0 Å². The second-order valence-electron chi connectivity index (χ2n) is 4.55. The van der Waals surface area contributed by atoms with Crippen LogP contribution in [0, 0.1) is 0 Å². The first-order valence-corrected chi connectivity index (χ1v) is 6.79. The van der Waals surface area contributed by atoms with E-state index in [1.807, 2.05) is 6.92 Å². The van der Waals surface area contributed by atoms with Crippen molar-refractivity contribution < 1.29 is 14.3 Å². The van der Waals surface area contributed by atoms with Gasteiger partial charge in [-0.15, -0.1) is 0 Å². The monoisotopic (exact) mass is 280 g/mol. The summed E-state index contributed by atoms with van der Waals surface area (Å²) >= 11 is 0. The van der Waals surface area contributed by atoms with Crippen LogP contribution >= 0.6 is 0 Å². The maximum absolute atomic E-state index is 11.8. The molecule has 1 saturated heterocycles. The lowest BCUT2D eigenvalue weighted by Gasteiger charge is -2.32. The number of amides is 2. The van der Waals surface area contributed by atoms with Crippen molar-refractivity contribution in [2.45, 2.75) is 25.9 Å². The number of carbonyl (C=O) groups is 1. The number of urea groups is 1. The minimum atomic E-state index is -0.0500. The second kappa shape index (κ2) is 6.93. The molecule has 0 radical (unpaired) electrons. The molecule has 0 aromatic carbocycles. The molecule has 7 nitrogen and oxygen atoms in total. The zero-order valence-corrected chi connectivity index (χ0v) is 11.8. The summed E-state index contributed by atoms with van der Waals surface area (Å²) in [6.07, 6.45) is 3.36. The fourth-order valence-corrected chi connectivity index (χ4v) is 2.14. The van der Waals surface area contributed by atoms with Gasteiger partial charge in [-0.3, -0.25) is 0 Å². The number of carbonyl (C=O) groups excluding carboxylic acids is 1. The van der Waals surface area contributed by atoms with E-state index in [1.165, 1.54) is 7.11 Å². The molecule has 0 bridgehead atoms. The Morgan fingerprint density at radius 2 is 2.45 bits per heavy atom. The Balaban J connectivity index is 1.93. The van der Waals surface area contributed by atoms with Crippen molar-refractivity contribution in [3.05, 3.63) is 12.3 Å². The smallest absolute Gasteiger partial charge is 0.319 e. The largest absolute Gasteiger partial charge is 0.472 e. The lowest BCUT2D eigenvalue weighted by molar-refractivity contribution is 0.0972. The van der Waals surface area contributed by atoms with E-state index < -0.39 is 0 Å². The molecule has 1 atom stereocenters. The molecule has 2 rings (SSSR count). The van der Waals surface area contributed by atoms with Gasteiger partial charge in [0.2, 0.25) is 5.88 Å². The number of nitrogens with one attached hydrogen (secondary N) is 1. The summed E-state index contributed by atoms with van der Waals surface area (Å²) < 4.78 is 10.8. The average molecular weight is 280 g/mol. The number of piperidine rings is 1. The molecule has 0 saturated carbocycles. The van der Waals surface area contributed by atoms with Crippen molar-refractivity contribution in [2.75, 3.05) is 26.7 Å². The summed E-state index contributed by atoms with van der Waals surface area (Å²) in [5.41, 5.74) is 0. The van der Waals surface area contributed by atoms with Gasteiger partial charge in [-0.05, 0) is 19.8 Å². The number of likely N-dealkylation sites (tertiary alicyclic amines) is 1. The first kappa shape index (κ1) is 14.4. The quantitative estimate of drug-likeness (QED) is 0.892. The first-order valence-electron chi connectivity index (χ1n) is 6.79. The molecule has 1 N–H and O–H groups in total. The first-order chi connectivity index (χ1) is 9.72. The van der Waals surface area contributed by atoms with Crippen molar-refractivity contribution in [1.29, 1.82) is 0 Å². The van der Waals surface area contributed by atoms with Crippen LogP contribution in [0.5, 0.6) is 11.9 Å². The number of aromatic nitrogens is 2. The van der Waals surface area contributed by atoms with Crippen LogP contribution in [-0.2, 0) is 0 Å². The highest BCUT2D eigenvalue weighted by Crippen LogP contribution is 2.17. The number of hydrogen-bond donors (Lipinski definition) is 1. The molecule has 2 heterocycles. The van der Waals surface area contributed by atoms with E-state index in [2.05, 4.69) is 15.3 Å². The Kier molecular flexibility index (Phi) is 4.97. The fraction of sp³-hybridized carbons (Fsp3) is 0.615. The van der Waals surface area contributed by atoms with Gasteiger partial charge < -0.3 is 19.7 Å². The van der Waals surface area contributed by atoms with Crippen molar-refractivity contribution in [3.63, 3.8) is 0 Å². The second-order valence-corrected chi connectivity index (χ2v) is 4.55. The van der Waals surface area contributed by atoms with Crippen LogP contribution in [0.3, 0.4) is 0 Å². The van der Waals surface area contributed by atoms with E-state index in [9.17, 15) is 4.79 Å². The molecule has 7 heteroatoms. The van der Waals surface area contributed by atoms with Crippen LogP contribution < -0.4 is 14.8 Å². The summed E-state index contributed by atoms with van der Waals surface area (Å²) in [4.78, 5) is 21.6.